The molecule has 0 aliphatic carbocycles. The molecule has 2 N–H and O–H groups in total. The fourth-order valence-corrected chi connectivity index (χ4v) is 2.26. The van der Waals surface area contributed by atoms with E-state index >= 15 is 0 Å². The second kappa shape index (κ2) is 6.91. The number of para-hydroxylation sites is 1. The number of nitrogens with one attached hydrogen (secondary N) is 2. The minimum atomic E-state index is -0.578. The fraction of sp³-hybridized carbons (Fsp3) is 0.0588. The monoisotopic (exact) mass is 340 g/mol. The maximum Gasteiger partial charge on any atom is 0.269 e. The van der Waals surface area contributed by atoms with Gasteiger partial charge in [-0.25, -0.2) is 4.39 Å². The molecule has 2 aromatic carbocycles. The number of benzene rings is 2. The van der Waals surface area contributed by atoms with Crippen molar-refractivity contribution in [3.8, 4) is 0 Å². The molecule has 126 valence electrons. The fourth-order valence-electron chi connectivity index (χ4n) is 2.26. The zero-order valence-electron chi connectivity index (χ0n) is 12.9. The average molecular weight is 340 g/mol. The van der Waals surface area contributed by atoms with Gasteiger partial charge in [-0.2, -0.15) is 5.10 Å². The predicted octanol–water partition coefficient (Wildman–Crippen LogP) is 0.997. The van der Waals surface area contributed by atoms with E-state index in [1.807, 2.05) is 0 Å². The lowest BCUT2D eigenvalue weighted by Crippen LogP contribution is -2.43. The van der Waals surface area contributed by atoms with E-state index in [0.29, 0.717) is 10.9 Å². The molecule has 0 aliphatic heterocycles. The summed E-state index contributed by atoms with van der Waals surface area (Å²) in [6.45, 7) is -0.190. The molecule has 25 heavy (non-hydrogen) atoms. The summed E-state index contributed by atoms with van der Waals surface area (Å²) in [5, 5.41) is 4.38. The Labute approximate surface area is 141 Å². The summed E-state index contributed by atoms with van der Waals surface area (Å²) in [7, 11) is 0. The number of amides is 2. The Morgan fingerprint density at radius 3 is 2.52 bits per heavy atom. The van der Waals surface area contributed by atoms with Gasteiger partial charge < -0.3 is 0 Å². The normalized spacial score (nSPS) is 10.4. The van der Waals surface area contributed by atoms with Crippen molar-refractivity contribution in [3.05, 3.63) is 76.3 Å². The van der Waals surface area contributed by atoms with Crippen molar-refractivity contribution in [2.24, 2.45) is 0 Å². The third-order valence-corrected chi connectivity index (χ3v) is 3.48. The Balaban J connectivity index is 1.67. The van der Waals surface area contributed by atoms with Crippen LogP contribution in [0.15, 0.2) is 59.5 Å². The van der Waals surface area contributed by atoms with Gasteiger partial charge in [-0.15, -0.1) is 0 Å². The van der Waals surface area contributed by atoms with Crippen molar-refractivity contribution in [3.63, 3.8) is 0 Å². The summed E-state index contributed by atoms with van der Waals surface area (Å²) >= 11 is 0. The van der Waals surface area contributed by atoms with E-state index in [2.05, 4.69) is 16.0 Å². The minimum absolute atomic E-state index is 0.190. The minimum Gasteiger partial charge on any atom is -0.287 e. The van der Waals surface area contributed by atoms with Gasteiger partial charge in [0, 0.05) is 10.9 Å². The van der Waals surface area contributed by atoms with Gasteiger partial charge in [-0.05, 0) is 36.4 Å². The van der Waals surface area contributed by atoms with Crippen molar-refractivity contribution in [2.45, 2.75) is 6.54 Å². The molecule has 7 nitrogen and oxygen atoms in total. The molecule has 8 heteroatoms. The number of fused-ring (bicyclic) bond motifs is 1. The largest absolute Gasteiger partial charge is 0.287 e. The summed E-state index contributed by atoms with van der Waals surface area (Å²) in [5.41, 5.74) is 4.96. The smallest absolute Gasteiger partial charge is 0.269 e. The molecule has 1 aromatic heterocycles. The molecule has 0 unspecified atom stereocenters. The molecule has 0 atom stereocenters. The van der Waals surface area contributed by atoms with Gasteiger partial charge in [0.15, 0.2) is 0 Å². The number of hydrazine groups is 1. The van der Waals surface area contributed by atoms with Gasteiger partial charge >= 0.3 is 0 Å². The Morgan fingerprint density at radius 2 is 1.76 bits per heavy atom. The van der Waals surface area contributed by atoms with Crippen LogP contribution in [-0.4, -0.2) is 21.6 Å². The lowest BCUT2D eigenvalue weighted by molar-refractivity contribution is -0.122. The first-order chi connectivity index (χ1) is 12.0. The topological polar surface area (TPSA) is 93.1 Å². The van der Waals surface area contributed by atoms with E-state index in [-0.39, 0.29) is 17.5 Å². The molecule has 3 rings (SSSR count). The average Bonchev–Trinajstić information content (AvgIpc) is 2.63. The lowest BCUT2D eigenvalue weighted by atomic mass is 10.2. The third-order valence-electron chi connectivity index (χ3n) is 3.48. The Morgan fingerprint density at radius 1 is 1.04 bits per heavy atom. The highest BCUT2D eigenvalue weighted by molar-refractivity contribution is 5.95. The molecule has 0 spiro atoms. The molecular formula is C17H13FN4O3. The summed E-state index contributed by atoms with van der Waals surface area (Å²) in [5.74, 6) is -1.57. The molecular weight excluding hydrogens is 327 g/mol. The van der Waals surface area contributed by atoms with Crippen molar-refractivity contribution in [1.82, 2.24) is 20.6 Å². The molecule has 0 aliphatic rings. The molecule has 0 fully saturated rings. The third kappa shape index (κ3) is 3.69. The van der Waals surface area contributed by atoms with E-state index in [9.17, 15) is 18.8 Å². The highest BCUT2D eigenvalue weighted by Crippen LogP contribution is 2.07. The Bertz CT molecular complexity index is 999. The number of carbonyl (C=O) groups is 2. The molecule has 1 heterocycles. The Hall–Kier alpha value is -3.55. The van der Waals surface area contributed by atoms with Gasteiger partial charge in [0.2, 0.25) is 5.43 Å². The van der Waals surface area contributed by atoms with E-state index in [0.717, 1.165) is 18.3 Å². The summed E-state index contributed by atoms with van der Waals surface area (Å²) in [4.78, 5) is 35.6. The summed E-state index contributed by atoms with van der Waals surface area (Å²) in [6.07, 6.45) is 1.13. The van der Waals surface area contributed by atoms with Crippen LogP contribution in [0.4, 0.5) is 4.39 Å². The van der Waals surface area contributed by atoms with E-state index in [4.69, 9.17) is 0 Å². The van der Waals surface area contributed by atoms with Crippen LogP contribution in [0.25, 0.3) is 10.9 Å². The van der Waals surface area contributed by atoms with Gasteiger partial charge in [0.25, 0.3) is 11.8 Å². The van der Waals surface area contributed by atoms with Crippen LogP contribution in [0.2, 0.25) is 0 Å². The number of aromatic nitrogens is 2. The number of hydrogen-bond acceptors (Lipinski definition) is 4. The van der Waals surface area contributed by atoms with Gasteiger partial charge in [-0.3, -0.25) is 29.9 Å². The molecule has 0 saturated carbocycles. The van der Waals surface area contributed by atoms with Crippen LogP contribution in [0.1, 0.15) is 10.4 Å². The number of nitrogens with zero attached hydrogens (tertiary/aromatic N) is 2. The first-order valence-corrected chi connectivity index (χ1v) is 7.34. The van der Waals surface area contributed by atoms with Crippen molar-refractivity contribution >= 4 is 22.7 Å². The zero-order valence-corrected chi connectivity index (χ0v) is 12.9. The molecule has 0 bridgehead atoms. The van der Waals surface area contributed by atoms with Crippen molar-refractivity contribution in [1.29, 1.82) is 0 Å². The standard InChI is InChI=1S/C17H13FN4O3/c18-12-7-5-11(6-8-12)17(25)21-20-16(24)10-22-14-4-2-1-3-13(14)15(23)9-19-22/h1-9H,10H2,(H,20,24)(H,21,25). The van der Waals surface area contributed by atoms with E-state index in [1.165, 1.54) is 16.8 Å². The number of halogens is 1. The number of rotatable bonds is 3. The highest BCUT2D eigenvalue weighted by Gasteiger charge is 2.10. The van der Waals surface area contributed by atoms with E-state index < -0.39 is 17.6 Å². The second-order valence-electron chi connectivity index (χ2n) is 5.19. The summed E-state index contributed by atoms with van der Waals surface area (Å²) in [6, 6.07) is 11.7. The van der Waals surface area contributed by atoms with Gasteiger partial charge in [0.1, 0.15) is 12.4 Å². The predicted molar refractivity (Wildman–Crippen MR) is 88.0 cm³/mol. The van der Waals surface area contributed by atoms with Crippen LogP contribution >= 0.6 is 0 Å². The van der Waals surface area contributed by atoms with Crippen LogP contribution in [-0.2, 0) is 11.3 Å². The lowest BCUT2D eigenvalue weighted by Gasteiger charge is -2.10. The van der Waals surface area contributed by atoms with Crippen LogP contribution in [0.3, 0.4) is 0 Å². The SMILES string of the molecule is O=C(Cn1ncc(=O)c2ccccc21)NNC(=O)c1ccc(F)cc1. The second-order valence-corrected chi connectivity index (χ2v) is 5.19. The number of carbonyl (C=O) groups excluding carboxylic acids is 2. The number of hydrogen-bond donors (Lipinski definition) is 2. The molecule has 2 amide bonds. The highest BCUT2D eigenvalue weighted by atomic mass is 19.1. The quantitative estimate of drug-likeness (QED) is 0.696. The molecule has 3 aromatic rings. The van der Waals surface area contributed by atoms with Crippen molar-refractivity contribution in [2.75, 3.05) is 0 Å². The van der Waals surface area contributed by atoms with Gasteiger partial charge in [0.05, 0.1) is 11.7 Å². The van der Waals surface area contributed by atoms with Crippen LogP contribution < -0.4 is 16.3 Å². The van der Waals surface area contributed by atoms with E-state index in [1.54, 1.807) is 24.3 Å². The molecule has 0 saturated heterocycles. The van der Waals surface area contributed by atoms with Gasteiger partial charge in [-0.1, -0.05) is 12.1 Å². The summed E-state index contributed by atoms with van der Waals surface area (Å²) < 4.78 is 14.2. The van der Waals surface area contributed by atoms with Crippen LogP contribution in [0, 0.1) is 5.82 Å². The molecule has 0 radical (unpaired) electrons. The first kappa shape index (κ1) is 16.3. The van der Waals surface area contributed by atoms with Crippen molar-refractivity contribution < 1.29 is 14.0 Å². The zero-order chi connectivity index (χ0) is 17.8. The maximum absolute atomic E-state index is 12.8. The first-order valence-electron chi connectivity index (χ1n) is 7.34. The Kier molecular flexibility index (Phi) is 4.51. The maximum atomic E-state index is 12.8. The van der Waals surface area contributed by atoms with Crippen LogP contribution in [0.5, 0.6) is 0 Å².